The number of hydrogen-bond acceptors (Lipinski definition) is 3. The lowest BCUT2D eigenvalue weighted by molar-refractivity contribution is -0.117. The molecule has 2 N–H and O–H groups in total. The van der Waals surface area contributed by atoms with Crippen LogP contribution in [0.5, 0.6) is 0 Å². The lowest BCUT2D eigenvalue weighted by Gasteiger charge is -2.30. The maximum atomic E-state index is 12.9. The molecule has 1 amide bonds. The van der Waals surface area contributed by atoms with Crippen LogP contribution in [0.25, 0.3) is 11.0 Å². The molecule has 1 unspecified atom stereocenters. The Morgan fingerprint density at radius 2 is 1.61 bits per heavy atom. The first kappa shape index (κ1) is 20.8. The van der Waals surface area contributed by atoms with Gasteiger partial charge in [0.1, 0.15) is 11.9 Å². The Labute approximate surface area is 196 Å². The van der Waals surface area contributed by atoms with Gasteiger partial charge in [-0.1, -0.05) is 68.9 Å². The van der Waals surface area contributed by atoms with Gasteiger partial charge in [-0.25, -0.2) is 4.98 Å². The van der Waals surface area contributed by atoms with Gasteiger partial charge in [-0.15, -0.1) is 0 Å². The molecular formula is C28H34N4O. The molecule has 0 spiro atoms. The Morgan fingerprint density at radius 3 is 2.36 bits per heavy atom. The highest BCUT2D eigenvalue weighted by molar-refractivity contribution is 6.05. The summed E-state index contributed by atoms with van der Waals surface area (Å²) in [5.41, 5.74) is 5.32. The number of nitrogens with one attached hydrogen (secondary N) is 2. The average molecular weight is 443 g/mol. The van der Waals surface area contributed by atoms with Crippen molar-refractivity contribution in [3.63, 3.8) is 0 Å². The number of hydrogen-bond donors (Lipinski definition) is 2. The molecule has 1 aromatic heterocycles. The smallest absolute Gasteiger partial charge is 0.247 e. The second-order valence-corrected chi connectivity index (χ2v) is 10.2. The largest absolute Gasteiger partial charge is 0.372 e. The van der Waals surface area contributed by atoms with E-state index >= 15 is 0 Å². The predicted molar refractivity (Wildman–Crippen MR) is 134 cm³/mol. The second kappa shape index (κ2) is 8.85. The van der Waals surface area contributed by atoms with Gasteiger partial charge in [-0.3, -0.25) is 4.79 Å². The fourth-order valence-corrected chi connectivity index (χ4v) is 6.22. The highest BCUT2D eigenvalue weighted by atomic mass is 16.2. The Hall–Kier alpha value is -2.82. The topological polar surface area (TPSA) is 59.0 Å². The fourth-order valence-electron chi connectivity index (χ4n) is 6.22. The summed E-state index contributed by atoms with van der Waals surface area (Å²) in [5, 5.41) is 6.71. The molecule has 2 aromatic carbocycles. The van der Waals surface area contributed by atoms with E-state index in [1.807, 2.05) is 18.2 Å². The Balaban J connectivity index is 1.39. The van der Waals surface area contributed by atoms with Crippen molar-refractivity contribution in [2.75, 3.05) is 10.6 Å². The Bertz CT molecular complexity index is 1140. The molecule has 6 rings (SSSR count). The number of carbonyl (C=O) groups is 1. The van der Waals surface area contributed by atoms with Crippen molar-refractivity contribution >= 4 is 28.3 Å². The van der Waals surface area contributed by atoms with Gasteiger partial charge in [0.25, 0.3) is 0 Å². The molecule has 3 aromatic rings. The number of amides is 1. The number of carbonyl (C=O) groups excluding carboxylic acids is 1. The number of benzene rings is 2. The molecule has 3 aliphatic rings. The van der Waals surface area contributed by atoms with Gasteiger partial charge in [-0.2, -0.15) is 0 Å². The van der Waals surface area contributed by atoms with E-state index in [1.54, 1.807) is 0 Å². The summed E-state index contributed by atoms with van der Waals surface area (Å²) in [6, 6.07) is 14.9. The molecule has 5 nitrogen and oxygen atoms in total. The summed E-state index contributed by atoms with van der Waals surface area (Å²) >= 11 is 0. The van der Waals surface area contributed by atoms with E-state index < -0.39 is 0 Å². The third-order valence-electron chi connectivity index (χ3n) is 7.95. The van der Waals surface area contributed by atoms with Crippen molar-refractivity contribution in [2.24, 2.45) is 0 Å². The molecule has 1 atom stereocenters. The van der Waals surface area contributed by atoms with E-state index in [2.05, 4.69) is 39.5 Å². The molecule has 1 aliphatic heterocycles. The highest BCUT2D eigenvalue weighted by Crippen LogP contribution is 2.41. The molecule has 0 radical (unpaired) electrons. The van der Waals surface area contributed by atoms with Crippen LogP contribution in [0.3, 0.4) is 0 Å². The molecule has 172 valence electrons. The SMILES string of the molecule is O=C1Nc2cc3nc(C4CCCCC4)n(C4CCCCC4)c3cc2NC1Cc1ccccc1. The maximum Gasteiger partial charge on any atom is 0.247 e. The van der Waals surface area contributed by atoms with Gasteiger partial charge in [0.05, 0.1) is 22.4 Å². The first-order valence-corrected chi connectivity index (χ1v) is 12.9. The third-order valence-corrected chi connectivity index (χ3v) is 7.95. The highest BCUT2D eigenvalue weighted by Gasteiger charge is 2.30. The van der Waals surface area contributed by atoms with Crippen LogP contribution in [-0.2, 0) is 11.2 Å². The van der Waals surface area contributed by atoms with Gasteiger partial charge >= 0.3 is 0 Å². The van der Waals surface area contributed by atoms with Crippen LogP contribution in [-0.4, -0.2) is 21.5 Å². The van der Waals surface area contributed by atoms with Crippen molar-refractivity contribution in [3.8, 4) is 0 Å². The van der Waals surface area contributed by atoms with Gasteiger partial charge in [0.15, 0.2) is 0 Å². The minimum absolute atomic E-state index is 0.0323. The van der Waals surface area contributed by atoms with Crippen LogP contribution < -0.4 is 10.6 Å². The van der Waals surface area contributed by atoms with Crippen molar-refractivity contribution < 1.29 is 4.79 Å². The Morgan fingerprint density at radius 1 is 0.879 bits per heavy atom. The summed E-state index contributed by atoms with van der Waals surface area (Å²) in [6.45, 7) is 0. The van der Waals surface area contributed by atoms with Crippen LogP contribution >= 0.6 is 0 Å². The molecular weight excluding hydrogens is 408 g/mol. The number of imidazole rings is 1. The molecule has 2 aliphatic carbocycles. The summed E-state index contributed by atoms with van der Waals surface area (Å²) in [5.74, 6) is 1.90. The van der Waals surface area contributed by atoms with Crippen molar-refractivity contribution in [1.82, 2.24) is 9.55 Å². The molecule has 2 fully saturated rings. The third kappa shape index (κ3) is 4.03. The quantitative estimate of drug-likeness (QED) is 0.481. The summed E-state index contributed by atoms with van der Waals surface area (Å²) < 4.78 is 2.61. The van der Waals surface area contributed by atoms with E-state index in [1.165, 1.54) is 81.1 Å². The number of anilines is 2. The van der Waals surface area contributed by atoms with E-state index in [-0.39, 0.29) is 11.9 Å². The van der Waals surface area contributed by atoms with Crippen LogP contribution in [0.4, 0.5) is 11.4 Å². The summed E-state index contributed by atoms with van der Waals surface area (Å²) in [4.78, 5) is 18.1. The first-order valence-electron chi connectivity index (χ1n) is 12.9. The Kier molecular flexibility index (Phi) is 5.57. The monoisotopic (exact) mass is 442 g/mol. The van der Waals surface area contributed by atoms with Crippen LogP contribution in [0.1, 0.15) is 87.6 Å². The lowest BCUT2D eigenvalue weighted by Crippen LogP contribution is -2.40. The van der Waals surface area contributed by atoms with E-state index in [4.69, 9.17) is 4.98 Å². The average Bonchev–Trinajstić information content (AvgIpc) is 3.23. The normalized spacial score (nSPS) is 22.1. The fraction of sp³-hybridized carbons (Fsp3) is 0.500. The van der Waals surface area contributed by atoms with Crippen LogP contribution in [0.15, 0.2) is 42.5 Å². The summed E-state index contributed by atoms with van der Waals surface area (Å²) in [6.07, 6.45) is 13.7. The molecule has 2 saturated carbocycles. The van der Waals surface area contributed by atoms with Gasteiger partial charge in [0, 0.05) is 18.4 Å². The zero-order chi connectivity index (χ0) is 22.2. The zero-order valence-corrected chi connectivity index (χ0v) is 19.4. The maximum absolute atomic E-state index is 12.9. The molecule has 5 heteroatoms. The number of rotatable bonds is 4. The van der Waals surface area contributed by atoms with Crippen molar-refractivity contribution in [2.45, 2.75) is 88.6 Å². The van der Waals surface area contributed by atoms with E-state index in [0.717, 1.165) is 16.9 Å². The number of aromatic nitrogens is 2. The van der Waals surface area contributed by atoms with Crippen LogP contribution in [0.2, 0.25) is 0 Å². The molecule has 33 heavy (non-hydrogen) atoms. The van der Waals surface area contributed by atoms with E-state index in [0.29, 0.717) is 18.4 Å². The summed E-state index contributed by atoms with van der Waals surface area (Å²) in [7, 11) is 0. The lowest BCUT2D eigenvalue weighted by atomic mass is 9.88. The zero-order valence-electron chi connectivity index (χ0n) is 19.4. The molecule has 2 heterocycles. The minimum Gasteiger partial charge on any atom is -0.372 e. The van der Waals surface area contributed by atoms with E-state index in [9.17, 15) is 4.79 Å². The van der Waals surface area contributed by atoms with Gasteiger partial charge < -0.3 is 15.2 Å². The standard InChI is InChI=1S/C28H34N4O/c33-28-25(16-19-10-4-1-5-11-19)29-23-18-26-24(17-22(23)31-28)30-27(20-12-6-2-7-13-20)32(26)21-14-8-3-9-15-21/h1,4-5,10-11,17-18,20-21,25,29H,2-3,6-9,12-16H2,(H,31,33). The van der Waals surface area contributed by atoms with Crippen molar-refractivity contribution in [3.05, 3.63) is 53.9 Å². The van der Waals surface area contributed by atoms with Crippen LogP contribution in [0, 0.1) is 0 Å². The van der Waals surface area contributed by atoms with Gasteiger partial charge in [-0.05, 0) is 43.4 Å². The second-order valence-electron chi connectivity index (χ2n) is 10.2. The molecule has 0 bridgehead atoms. The van der Waals surface area contributed by atoms with Crippen molar-refractivity contribution in [1.29, 1.82) is 0 Å². The molecule has 0 saturated heterocycles. The minimum atomic E-state index is -0.263. The first-order chi connectivity index (χ1) is 16.3. The number of nitrogens with zero attached hydrogens (tertiary/aromatic N) is 2. The number of fused-ring (bicyclic) bond motifs is 2. The predicted octanol–water partition coefficient (Wildman–Crippen LogP) is 6.56. The van der Waals surface area contributed by atoms with Gasteiger partial charge in [0.2, 0.25) is 5.91 Å².